The zero-order chi connectivity index (χ0) is 16.6. The maximum Gasteiger partial charge on any atom is 0.0465 e. The summed E-state index contributed by atoms with van der Waals surface area (Å²) in [4.78, 5) is 3.61. The first kappa shape index (κ1) is 14.5. The van der Waals surface area contributed by atoms with Crippen LogP contribution in [-0.2, 0) is 13.0 Å². The van der Waals surface area contributed by atoms with Gasteiger partial charge in [-0.15, -0.1) is 0 Å². The van der Waals surface area contributed by atoms with Gasteiger partial charge in [0.25, 0.3) is 0 Å². The van der Waals surface area contributed by atoms with Crippen molar-refractivity contribution in [3.05, 3.63) is 84.1 Å². The largest absolute Gasteiger partial charge is 0.357 e. The van der Waals surface area contributed by atoms with Crippen LogP contribution in [0.5, 0.6) is 0 Å². The van der Waals surface area contributed by atoms with Gasteiger partial charge in [-0.2, -0.15) is 0 Å². The van der Waals surface area contributed by atoms with Crippen molar-refractivity contribution in [2.45, 2.75) is 13.0 Å². The smallest absolute Gasteiger partial charge is 0.0465 e. The molecule has 0 radical (unpaired) electrons. The number of aromatic nitrogens is 1. The van der Waals surface area contributed by atoms with Crippen molar-refractivity contribution >= 4 is 10.9 Å². The highest BCUT2D eigenvalue weighted by molar-refractivity contribution is 5.99. The molecule has 0 spiro atoms. The monoisotopic (exact) mass is 324 g/mol. The summed E-state index contributed by atoms with van der Waals surface area (Å²) in [6.45, 7) is 1.99. The van der Waals surface area contributed by atoms with Gasteiger partial charge in [0.15, 0.2) is 0 Å². The first-order chi connectivity index (χ1) is 12.4. The van der Waals surface area contributed by atoms with Gasteiger partial charge in [-0.25, -0.2) is 0 Å². The molecule has 0 fully saturated rings. The number of hydrogen-bond acceptors (Lipinski definition) is 1. The third kappa shape index (κ3) is 2.46. The summed E-state index contributed by atoms with van der Waals surface area (Å²) in [7, 11) is 0. The van der Waals surface area contributed by atoms with E-state index in [1.165, 1.54) is 44.4 Å². The molecule has 1 aliphatic heterocycles. The van der Waals surface area contributed by atoms with Crippen LogP contribution in [0.15, 0.2) is 72.8 Å². The Bertz CT molecular complexity index is 1040. The van der Waals surface area contributed by atoms with E-state index in [0.717, 1.165) is 19.5 Å². The Morgan fingerprint density at radius 1 is 0.720 bits per heavy atom. The summed E-state index contributed by atoms with van der Waals surface area (Å²) in [5.41, 5.74) is 9.21. The first-order valence-corrected chi connectivity index (χ1v) is 8.89. The average Bonchev–Trinajstić information content (AvgIpc) is 3.07. The Morgan fingerprint density at radius 3 is 2.44 bits per heavy atom. The molecule has 1 aliphatic rings. The summed E-state index contributed by atoms with van der Waals surface area (Å²) in [6, 6.07) is 26.1. The molecule has 4 aromatic rings. The maximum absolute atomic E-state index is 3.61. The van der Waals surface area contributed by atoms with Crippen LogP contribution in [0.2, 0.25) is 0 Å². The zero-order valence-electron chi connectivity index (χ0n) is 14.0. The van der Waals surface area contributed by atoms with Gasteiger partial charge in [0, 0.05) is 23.1 Å². The Hall–Kier alpha value is -2.84. The normalized spacial score (nSPS) is 13.8. The second kappa shape index (κ2) is 5.91. The molecule has 1 aromatic heterocycles. The molecule has 0 unspecified atom stereocenters. The van der Waals surface area contributed by atoms with Crippen molar-refractivity contribution in [2.24, 2.45) is 0 Å². The van der Waals surface area contributed by atoms with Crippen molar-refractivity contribution in [3.8, 4) is 22.3 Å². The molecule has 0 aliphatic carbocycles. The van der Waals surface area contributed by atoms with Gasteiger partial charge in [-0.1, -0.05) is 60.7 Å². The predicted octanol–water partition coefficient (Wildman–Crippen LogP) is 5.15. The molecule has 0 saturated carbocycles. The molecular formula is C23H20N2. The van der Waals surface area contributed by atoms with Crippen molar-refractivity contribution in [2.75, 3.05) is 6.54 Å². The number of nitrogens with one attached hydrogen (secondary N) is 2. The molecule has 0 saturated heterocycles. The van der Waals surface area contributed by atoms with E-state index in [1.54, 1.807) is 0 Å². The maximum atomic E-state index is 3.61. The molecule has 5 rings (SSSR count). The molecule has 2 nitrogen and oxygen atoms in total. The van der Waals surface area contributed by atoms with E-state index in [9.17, 15) is 0 Å². The third-order valence-electron chi connectivity index (χ3n) is 5.15. The zero-order valence-corrected chi connectivity index (χ0v) is 14.0. The summed E-state index contributed by atoms with van der Waals surface area (Å²) in [6.07, 6.45) is 1.09. The quantitative estimate of drug-likeness (QED) is 0.524. The van der Waals surface area contributed by atoms with Crippen LogP contribution in [0, 0.1) is 0 Å². The number of fused-ring (bicyclic) bond motifs is 3. The lowest BCUT2D eigenvalue weighted by atomic mass is 9.94. The van der Waals surface area contributed by atoms with E-state index in [1.807, 2.05) is 0 Å². The summed E-state index contributed by atoms with van der Waals surface area (Å²) >= 11 is 0. The average molecular weight is 324 g/mol. The van der Waals surface area contributed by atoms with Gasteiger partial charge in [-0.05, 0) is 52.9 Å². The minimum absolute atomic E-state index is 0.938. The standard InChI is InChI=1S/C23H20N2/c1-2-6-16(7-3-1)17-8-4-9-18(14-17)19-10-5-11-21-23(19)20-12-13-24-15-22(20)25-21/h1-11,14,24-25H,12-13,15H2. The fourth-order valence-electron chi connectivity index (χ4n) is 3.96. The Balaban J connectivity index is 1.70. The number of aromatic amines is 1. The van der Waals surface area contributed by atoms with E-state index in [4.69, 9.17) is 0 Å². The second-order valence-electron chi connectivity index (χ2n) is 6.68. The van der Waals surface area contributed by atoms with E-state index >= 15 is 0 Å². The van der Waals surface area contributed by atoms with Crippen LogP contribution < -0.4 is 5.32 Å². The molecule has 2 heteroatoms. The summed E-state index contributed by atoms with van der Waals surface area (Å²) < 4.78 is 0. The van der Waals surface area contributed by atoms with Gasteiger partial charge in [0.1, 0.15) is 0 Å². The van der Waals surface area contributed by atoms with Crippen LogP contribution in [0.1, 0.15) is 11.3 Å². The van der Waals surface area contributed by atoms with Crippen LogP contribution >= 0.6 is 0 Å². The lowest BCUT2D eigenvalue weighted by Gasteiger charge is -2.14. The molecule has 122 valence electrons. The highest BCUT2D eigenvalue weighted by Crippen LogP contribution is 2.35. The lowest BCUT2D eigenvalue weighted by molar-refractivity contribution is 0.637. The van der Waals surface area contributed by atoms with Crippen LogP contribution in [0.3, 0.4) is 0 Å². The van der Waals surface area contributed by atoms with E-state index < -0.39 is 0 Å². The number of hydrogen-bond donors (Lipinski definition) is 2. The molecule has 0 bridgehead atoms. The fraction of sp³-hybridized carbons (Fsp3) is 0.130. The van der Waals surface area contributed by atoms with Crippen LogP contribution in [-0.4, -0.2) is 11.5 Å². The Morgan fingerprint density at radius 2 is 1.52 bits per heavy atom. The van der Waals surface area contributed by atoms with Gasteiger partial charge in [0.2, 0.25) is 0 Å². The molecule has 3 aromatic carbocycles. The molecular weight excluding hydrogens is 304 g/mol. The first-order valence-electron chi connectivity index (χ1n) is 8.89. The molecule has 2 heterocycles. The highest BCUT2D eigenvalue weighted by Gasteiger charge is 2.18. The minimum Gasteiger partial charge on any atom is -0.357 e. The molecule has 0 atom stereocenters. The lowest BCUT2D eigenvalue weighted by Crippen LogP contribution is -2.23. The van der Waals surface area contributed by atoms with Crippen LogP contribution in [0.4, 0.5) is 0 Å². The number of rotatable bonds is 2. The SMILES string of the molecule is c1ccc(-c2cccc(-c3cccc4[nH]c5c(c34)CCNC5)c2)cc1. The highest BCUT2D eigenvalue weighted by atomic mass is 14.9. The van der Waals surface area contributed by atoms with Gasteiger partial charge >= 0.3 is 0 Å². The molecule has 0 amide bonds. The second-order valence-corrected chi connectivity index (χ2v) is 6.68. The predicted molar refractivity (Wildman–Crippen MR) is 105 cm³/mol. The molecule has 25 heavy (non-hydrogen) atoms. The number of benzene rings is 3. The van der Waals surface area contributed by atoms with Gasteiger partial charge in [0.05, 0.1) is 0 Å². The van der Waals surface area contributed by atoms with Gasteiger partial charge < -0.3 is 10.3 Å². The van der Waals surface area contributed by atoms with Crippen molar-refractivity contribution in [1.29, 1.82) is 0 Å². The minimum atomic E-state index is 0.938. The Kier molecular flexibility index (Phi) is 3.43. The Labute approximate surface area is 147 Å². The molecule has 2 N–H and O–H groups in total. The van der Waals surface area contributed by atoms with E-state index in [0.29, 0.717) is 0 Å². The van der Waals surface area contributed by atoms with E-state index in [2.05, 4.69) is 83.1 Å². The van der Waals surface area contributed by atoms with Crippen LogP contribution in [0.25, 0.3) is 33.2 Å². The summed E-state index contributed by atoms with van der Waals surface area (Å²) in [5, 5.41) is 4.85. The van der Waals surface area contributed by atoms with E-state index in [-0.39, 0.29) is 0 Å². The summed E-state index contributed by atoms with van der Waals surface area (Å²) in [5.74, 6) is 0. The van der Waals surface area contributed by atoms with Gasteiger partial charge in [-0.3, -0.25) is 0 Å². The van der Waals surface area contributed by atoms with Crippen molar-refractivity contribution in [3.63, 3.8) is 0 Å². The topological polar surface area (TPSA) is 27.8 Å². The third-order valence-corrected chi connectivity index (χ3v) is 5.15. The number of H-pyrrole nitrogens is 1. The van der Waals surface area contributed by atoms with Crippen molar-refractivity contribution < 1.29 is 0 Å². The van der Waals surface area contributed by atoms with Crippen molar-refractivity contribution in [1.82, 2.24) is 10.3 Å². The fourth-order valence-corrected chi connectivity index (χ4v) is 3.96.